The standard InChI is InChI=1S/C13H17BrN2O4/c1-2-3-7-15(8-9-17)13(18)10-5-4-6-11(12(10)14)16(19)20/h4-6,17H,2-3,7-9H2,1H3. The van der Waals surface area contributed by atoms with Crippen LogP contribution in [-0.4, -0.2) is 40.5 Å². The first-order valence-corrected chi connectivity index (χ1v) is 7.15. The lowest BCUT2D eigenvalue weighted by Gasteiger charge is -2.22. The zero-order valence-corrected chi connectivity index (χ0v) is 12.8. The van der Waals surface area contributed by atoms with Gasteiger partial charge in [0.1, 0.15) is 4.47 Å². The van der Waals surface area contributed by atoms with Crippen molar-refractivity contribution in [1.29, 1.82) is 0 Å². The van der Waals surface area contributed by atoms with Crippen LogP contribution in [0.5, 0.6) is 0 Å². The van der Waals surface area contributed by atoms with E-state index in [2.05, 4.69) is 15.9 Å². The van der Waals surface area contributed by atoms with Gasteiger partial charge in [-0.25, -0.2) is 0 Å². The molecule has 1 amide bonds. The molecule has 1 rings (SSSR count). The lowest BCUT2D eigenvalue weighted by molar-refractivity contribution is -0.385. The summed E-state index contributed by atoms with van der Waals surface area (Å²) in [6.45, 7) is 2.60. The lowest BCUT2D eigenvalue weighted by atomic mass is 10.1. The van der Waals surface area contributed by atoms with Crippen LogP contribution in [0.15, 0.2) is 22.7 Å². The van der Waals surface area contributed by atoms with Gasteiger partial charge < -0.3 is 10.0 Å². The number of nitrogens with zero attached hydrogens (tertiary/aromatic N) is 2. The normalized spacial score (nSPS) is 10.3. The highest BCUT2D eigenvalue weighted by molar-refractivity contribution is 9.10. The number of unbranched alkanes of at least 4 members (excludes halogenated alkanes) is 1. The first kappa shape index (κ1) is 16.6. The zero-order chi connectivity index (χ0) is 15.1. The topological polar surface area (TPSA) is 83.7 Å². The Kier molecular flexibility index (Phi) is 6.60. The number of aliphatic hydroxyl groups excluding tert-OH is 1. The highest BCUT2D eigenvalue weighted by Gasteiger charge is 2.22. The number of nitro benzene ring substituents is 1. The molecule has 0 aliphatic carbocycles. The first-order chi connectivity index (χ1) is 9.52. The fourth-order valence-corrected chi connectivity index (χ4v) is 2.36. The predicted octanol–water partition coefficient (Wildman–Crippen LogP) is 2.59. The summed E-state index contributed by atoms with van der Waals surface area (Å²) in [6.07, 6.45) is 1.74. The van der Waals surface area contributed by atoms with E-state index in [9.17, 15) is 14.9 Å². The number of hydrogen-bond acceptors (Lipinski definition) is 4. The molecule has 0 aromatic heterocycles. The minimum absolute atomic E-state index is 0.137. The second-order valence-electron chi connectivity index (χ2n) is 4.27. The molecule has 0 radical (unpaired) electrons. The molecular weight excluding hydrogens is 328 g/mol. The third-order valence-corrected chi connectivity index (χ3v) is 3.68. The minimum Gasteiger partial charge on any atom is -0.395 e. The van der Waals surface area contributed by atoms with Crippen LogP contribution < -0.4 is 0 Å². The van der Waals surface area contributed by atoms with Gasteiger partial charge in [0.15, 0.2) is 0 Å². The van der Waals surface area contributed by atoms with E-state index in [1.54, 1.807) is 0 Å². The van der Waals surface area contributed by atoms with Gasteiger partial charge >= 0.3 is 0 Å². The fraction of sp³-hybridized carbons (Fsp3) is 0.462. The van der Waals surface area contributed by atoms with Gasteiger partial charge in [0.05, 0.1) is 17.1 Å². The Bertz CT molecular complexity index is 493. The van der Waals surface area contributed by atoms with E-state index in [0.717, 1.165) is 12.8 Å². The number of aliphatic hydroxyl groups is 1. The van der Waals surface area contributed by atoms with Gasteiger partial charge in [-0.1, -0.05) is 19.4 Å². The molecule has 6 nitrogen and oxygen atoms in total. The van der Waals surface area contributed by atoms with Crippen molar-refractivity contribution in [2.75, 3.05) is 19.7 Å². The third kappa shape index (κ3) is 4.01. The summed E-state index contributed by atoms with van der Waals surface area (Å²) in [5.41, 5.74) is 0.0963. The van der Waals surface area contributed by atoms with Crippen molar-refractivity contribution in [2.45, 2.75) is 19.8 Å². The summed E-state index contributed by atoms with van der Waals surface area (Å²) < 4.78 is 0.175. The van der Waals surface area contributed by atoms with Crippen molar-refractivity contribution in [1.82, 2.24) is 4.90 Å². The van der Waals surface area contributed by atoms with Crippen molar-refractivity contribution in [3.05, 3.63) is 38.3 Å². The predicted molar refractivity (Wildman–Crippen MR) is 78.7 cm³/mol. The monoisotopic (exact) mass is 344 g/mol. The maximum absolute atomic E-state index is 12.4. The summed E-state index contributed by atoms with van der Waals surface area (Å²) in [7, 11) is 0. The second kappa shape index (κ2) is 7.96. The quantitative estimate of drug-likeness (QED) is 0.608. The molecule has 1 aromatic carbocycles. The summed E-state index contributed by atoms with van der Waals surface area (Å²) in [5, 5.41) is 19.9. The van der Waals surface area contributed by atoms with Crippen molar-refractivity contribution in [3.8, 4) is 0 Å². The number of nitro groups is 1. The van der Waals surface area contributed by atoms with Gasteiger partial charge in [-0.15, -0.1) is 0 Å². The number of amides is 1. The van der Waals surface area contributed by atoms with Crippen LogP contribution >= 0.6 is 15.9 Å². The van der Waals surface area contributed by atoms with Crippen molar-refractivity contribution in [2.24, 2.45) is 0 Å². The number of carbonyl (C=O) groups excluding carboxylic acids is 1. The van der Waals surface area contributed by atoms with E-state index in [1.807, 2.05) is 6.92 Å². The highest BCUT2D eigenvalue weighted by Crippen LogP contribution is 2.29. The average Bonchev–Trinajstić information content (AvgIpc) is 2.42. The van der Waals surface area contributed by atoms with Gasteiger partial charge in [0.25, 0.3) is 11.6 Å². The fourth-order valence-electron chi connectivity index (χ4n) is 1.78. The molecule has 20 heavy (non-hydrogen) atoms. The number of benzene rings is 1. The molecule has 0 fully saturated rings. The second-order valence-corrected chi connectivity index (χ2v) is 5.06. The molecule has 0 heterocycles. The molecule has 7 heteroatoms. The minimum atomic E-state index is -0.538. The zero-order valence-electron chi connectivity index (χ0n) is 11.2. The van der Waals surface area contributed by atoms with Crippen LogP contribution in [0.25, 0.3) is 0 Å². The van der Waals surface area contributed by atoms with Crippen LogP contribution in [0.3, 0.4) is 0 Å². The SMILES string of the molecule is CCCCN(CCO)C(=O)c1cccc([N+](=O)[O-])c1Br. The van der Waals surface area contributed by atoms with Gasteiger partial charge in [0.2, 0.25) is 0 Å². The number of rotatable bonds is 7. The molecule has 0 saturated heterocycles. The largest absolute Gasteiger partial charge is 0.395 e. The van der Waals surface area contributed by atoms with E-state index in [1.165, 1.54) is 23.1 Å². The Balaban J connectivity index is 3.05. The molecule has 0 unspecified atom stereocenters. The molecule has 0 saturated carbocycles. The summed E-state index contributed by atoms with van der Waals surface area (Å²) in [4.78, 5) is 24.2. The smallest absolute Gasteiger partial charge is 0.284 e. The number of hydrogen-bond donors (Lipinski definition) is 1. The molecule has 1 N–H and O–H groups in total. The van der Waals surface area contributed by atoms with Crippen LogP contribution in [0, 0.1) is 10.1 Å². The van der Waals surface area contributed by atoms with Crippen molar-refractivity contribution < 1.29 is 14.8 Å². The van der Waals surface area contributed by atoms with Crippen LogP contribution in [0.2, 0.25) is 0 Å². The van der Waals surface area contributed by atoms with Crippen LogP contribution in [-0.2, 0) is 0 Å². The van der Waals surface area contributed by atoms with Crippen LogP contribution in [0.1, 0.15) is 30.1 Å². The van der Waals surface area contributed by atoms with E-state index in [4.69, 9.17) is 5.11 Å². The maximum Gasteiger partial charge on any atom is 0.284 e. The highest BCUT2D eigenvalue weighted by atomic mass is 79.9. The van der Waals surface area contributed by atoms with E-state index < -0.39 is 4.92 Å². The van der Waals surface area contributed by atoms with Crippen molar-refractivity contribution >= 4 is 27.5 Å². The molecular formula is C13H17BrN2O4. The summed E-state index contributed by atoms with van der Waals surface area (Å²) >= 11 is 3.12. The molecule has 110 valence electrons. The van der Waals surface area contributed by atoms with E-state index in [-0.39, 0.29) is 34.8 Å². The molecule has 0 atom stereocenters. The third-order valence-electron chi connectivity index (χ3n) is 2.84. The Morgan fingerprint density at radius 1 is 1.45 bits per heavy atom. The summed E-state index contributed by atoms with van der Waals surface area (Å²) in [5.74, 6) is -0.317. The summed E-state index contributed by atoms with van der Waals surface area (Å²) in [6, 6.07) is 4.35. The molecule has 0 bridgehead atoms. The molecule has 0 aliphatic heterocycles. The molecule has 0 aliphatic rings. The maximum atomic E-state index is 12.4. The molecule has 1 aromatic rings. The Hall–Kier alpha value is -1.47. The molecule has 0 spiro atoms. The van der Waals surface area contributed by atoms with Gasteiger partial charge in [-0.3, -0.25) is 14.9 Å². The van der Waals surface area contributed by atoms with Crippen molar-refractivity contribution in [3.63, 3.8) is 0 Å². The number of halogens is 1. The Morgan fingerprint density at radius 2 is 2.15 bits per heavy atom. The lowest BCUT2D eigenvalue weighted by Crippen LogP contribution is -2.34. The van der Waals surface area contributed by atoms with Gasteiger partial charge in [0, 0.05) is 19.2 Å². The van der Waals surface area contributed by atoms with Gasteiger partial charge in [-0.2, -0.15) is 0 Å². The number of carbonyl (C=O) groups is 1. The Labute approximate surface area is 125 Å². The van der Waals surface area contributed by atoms with Crippen LogP contribution in [0.4, 0.5) is 5.69 Å². The first-order valence-electron chi connectivity index (χ1n) is 6.36. The Morgan fingerprint density at radius 3 is 2.70 bits per heavy atom. The van der Waals surface area contributed by atoms with Gasteiger partial charge in [-0.05, 0) is 28.4 Å². The average molecular weight is 345 g/mol. The van der Waals surface area contributed by atoms with E-state index in [0.29, 0.717) is 6.54 Å². The van der Waals surface area contributed by atoms with E-state index >= 15 is 0 Å².